The van der Waals surface area contributed by atoms with Gasteiger partial charge >= 0.3 is 0 Å². The second kappa shape index (κ2) is 9.91. The van der Waals surface area contributed by atoms with Gasteiger partial charge in [-0.25, -0.2) is 9.97 Å². The van der Waals surface area contributed by atoms with Gasteiger partial charge in [0.25, 0.3) is 0 Å². The van der Waals surface area contributed by atoms with Crippen LogP contribution in [0.25, 0.3) is 11.3 Å². The van der Waals surface area contributed by atoms with Gasteiger partial charge in [-0.3, -0.25) is 0 Å². The zero-order valence-electron chi connectivity index (χ0n) is 18.5. The molecule has 1 saturated heterocycles. The third-order valence-electron chi connectivity index (χ3n) is 6.91. The maximum Gasteiger partial charge on any atom is 0.129 e. The van der Waals surface area contributed by atoms with Gasteiger partial charge in [-0.15, -0.1) is 0 Å². The van der Waals surface area contributed by atoms with Crippen molar-refractivity contribution in [1.29, 1.82) is 0 Å². The fourth-order valence-corrected chi connectivity index (χ4v) is 5.29. The zero-order chi connectivity index (χ0) is 21.8. The number of aromatic nitrogens is 2. The van der Waals surface area contributed by atoms with E-state index in [1.807, 2.05) is 6.07 Å². The molecule has 0 amide bonds. The van der Waals surface area contributed by atoms with Crippen molar-refractivity contribution in [3.63, 3.8) is 0 Å². The third-order valence-corrected chi connectivity index (χ3v) is 7.21. The monoisotopic (exact) mass is 446 g/mol. The molecule has 0 unspecified atom stereocenters. The summed E-state index contributed by atoms with van der Waals surface area (Å²) in [6, 6.07) is 19.7. The summed E-state index contributed by atoms with van der Waals surface area (Å²) in [7, 11) is 0. The minimum Gasteiger partial charge on any atom is -0.367 e. The first-order valence-electron chi connectivity index (χ1n) is 12.0. The van der Waals surface area contributed by atoms with Gasteiger partial charge in [0, 0.05) is 30.9 Å². The molecule has 0 spiro atoms. The SMILES string of the molecule is Clc1cnc(NC2CCCCC2)cc1-c1cccc(N2CCC(c3ccccc3)CC2)n1. The van der Waals surface area contributed by atoms with Crippen molar-refractivity contribution in [2.75, 3.05) is 23.3 Å². The number of anilines is 2. The number of nitrogens with zero attached hydrogens (tertiary/aromatic N) is 3. The molecule has 2 fully saturated rings. The van der Waals surface area contributed by atoms with Crippen LogP contribution in [0.5, 0.6) is 0 Å². The largest absolute Gasteiger partial charge is 0.367 e. The standard InChI is InChI=1S/C27H31ClN4/c28-24-19-29-26(30-22-10-5-2-6-11-22)18-23(24)25-12-7-13-27(31-25)32-16-14-21(15-17-32)20-8-3-1-4-9-20/h1,3-4,7-9,12-13,18-19,21-22H,2,5-6,10-11,14-17H2,(H,29,30). The Balaban J connectivity index is 1.30. The van der Waals surface area contributed by atoms with Crippen LogP contribution in [0.15, 0.2) is 60.8 Å². The molecule has 1 N–H and O–H groups in total. The highest BCUT2D eigenvalue weighted by Gasteiger charge is 2.22. The molecule has 5 rings (SSSR count). The Bertz CT molecular complexity index is 1020. The molecule has 3 heterocycles. The van der Waals surface area contributed by atoms with Crippen molar-refractivity contribution in [1.82, 2.24) is 9.97 Å². The summed E-state index contributed by atoms with van der Waals surface area (Å²) in [6.45, 7) is 2.04. The van der Waals surface area contributed by atoms with Crippen LogP contribution in [-0.4, -0.2) is 29.1 Å². The van der Waals surface area contributed by atoms with E-state index in [9.17, 15) is 0 Å². The molecule has 0 radical (unpaired) electrons. The van der Waals surface area contributed by atoms with Gasteiger partial charge in [0.2, 0.25) is 0 Å². The molecule has 1 aromatic carbocycles. The maximum atomic E-state index is 6.55. The molecule has 1 saturated carbocycles. The third kappa shape index (κ3) is 4.91. The van der Waals surface area contributed by atoms with Crippen molar-refractivity contribution in [3.05, 3.63) is 71.4 Å². The second-order valence-corrected chi connectivity index (χ2v) is 9.49. The summed E-state index contributed by atoms with van der Waals surface area (Å²) in [6.07, 6.45) is 10.4. The van der Waals surface area contributed by atoms with Gasteiger partial charge in [-0.05, 0) is 55.4 Å². The Morgan fingerprint density at radius 1 is 0.875 bits per heavy atom. The average molecular weight is 447 g/mol. The Hall–Kier alpha value is -2.59. The van der Waals surface area contributed by atoms with E-state index in [4.69, 9.17) is 16.6 Å². The average Bonchev–Trinajstić information content (AvgIpc) is 2.87. The van der Waals surface area contributed by atoms with Crippen LogP contribution in [0.1, 0.15) is 56.4 Å². The number of benzene rings is 1. The second-order valence-electron chi connectivity index (χ2n) is 9.08. The molecule has 4 nitrogen and oxygen atoms in total. The van der Waals surface area contributed by atoms with E-state index in [-0.39, 0.29) is 0 Å². The van der Waals surface area contributed by atoms with E-state index >= 15 is 0 Å². The molecule has 32 heavy (non-hydrogen) atoms. The quantitative estimate of drug-likeness (QED) is 0.461. The molecule has 0 bridgehead atoms. The molecule has 5 heteroatoms. The van der Waals surface area contributed by atoms with Gasteiger partial charge in [0.05, 0.1) is 10.7 Å². The van der Waals surface area contributed by atoms with Crippen molar-refractivity contribution in [2.45, 2.75) is 56.9 Å². The number of hydrogen-bond donors (Lipinski definition) is 1. The van der Waals surface area contributed by atoms with Crippen molar-refractivity contribution >= 4 is 23.2 Å². The molecule has 2 aromatic heterocycles. The predicted octanol–water partition coefficient (Wildman–Crippen LogP) is 6.93. The summed E-state index contributed by atoms with van der Waals surface area (Å²) in [5, 5.41) is 4.25. The molecule has 166 valence electrons. The summed E-state index contributed by atoms with van der Waals surface area (Å²) < 4.78 is 0. The van der Waals surface area contributed by atoms with Crippen LogP contribution in [0.2, 0.25) is 5.02 Å². The minimum atomic E-state index is 0.510. The van der Waals surface area contributed by atoms with Gasteiger partial charge < -0.3 is 10.2 Å². The van der Waals surface area contributed by atoms with E-state index < -0.39 is 0 Å². The van der Waals surface area contributed by atoms with Crippen molar-refractivity contribution < 1.29 is 0 Å². The van der Waals surface area contributed by atoms with Gasteiger partial charge in [0.15, 0.2) is 0 Å². The summed E-state index contributed by atoms with van der Waals surface area (Å²) in [5.74, 6) is 2.56. The predicted molar refractivity (Wildman–Crippen MR) is 134 cm³/mol. The lowest BCUT2D eigenvalue weighted by Crippen LogP contribution is -2.33. The number of pyridine rings is 2. The number of halogens is 1. The Labute approximate surface area is 196 Å². The van der Waals surface area contributed by atoms with Crippen LogP contribution < -0.4 is 10.2 Å². The van der Waals surface area contributed by atoms with E-state index in [1.54, 1.807) is 6.20 Å². The lowest BCUT2D eigenvalue weighted by Gasteiger charge is -2.33. The number of nitrogens with one attached hydrogen (secondary N) is 1. The molecular formula is C27H31ClN4. The first-order chi connectivity index (χ1) is 15.8. The maximum absolute atomic E-state index is 6.55. The van der Waals surface area contributed by atoms with Crippen molar-refractivity contribution in [2.24, 2.45) is 0 Å². The van der Waals surface area contributed by atoms with Crippen LogP contribution >= 0.6 is 11.6 Å². The number of hydrogen-bond acceptors (Lipinski definition) is 4. The Morgan fingerprint density at radius 2 is 1.66 bits per heavy atom. The van der Waals surface area contributed by atoms with Crippen molar-refractivity contribution in [3.8, 4) is 11.3 Å². The fraction of sp³-hybridized carbons (Fsp3) is 0.407. The van der Waals surface area contributed by atoms with Gasteiger partial charge in [-0.1, -0.05) is 67.3 Å². The van der Waals surface area contributed by atoms with E-state index in [0.717, 1.165) is 48.8 Å². The van der Waals surface area contributed by atoms with Crippen LogP contribution in [-0.2, 0) is 0 Å². The van der Waals surface area contributed by atoms with E-state index in [1.165, 1.54) is 37.7 Å². The van der Waals surface area contributed by atoms with Crippen LogP contribution in [0.3, 0.4) is 0 Å². The molecule has 3 aromatic rings. The molecular weight excluding hydrogens is 416 g/mol. The molecule has 0 atom stereocenters. The summed E-state index contributed by atoms with van der Waals surface area (Å²) in [4.78, 5) is 11.9. The van der Waals surface area contributed by atoms with E-state index in [2.05, 4.69) is 63.7 Å². The normalized spacial score (nSPS) is 18.0. The highest BCUT2D eigenvalue weighted by Crippen LogP contribution is 2.33. The first-order valence-corrected chi connectivity index (χ1v) is 12.3. The Kier molecular flexibility index (Phi) is 6.59. The topological polar surface area (TPSA) is 41.1 Å². The highest BCUT2D eigenvalue weighted by molar-refractivity contribution is 6.33. The van der Waals surface area contributed by atoms with E-state index in [0.29, 0.717) is 17.0 Å². The number of piperidine rings is 1. The molecule has 1 aliphatic carbocycles. The molecule has 2 aliphatic rings. The lowest BCUT2D eigenvalue weighted by atomic mass is 9.89. The molecule has 1 aliphatic heterocycles. The van der Waals surface area contributed by atoms with Crippen LogP contribution in [0.4, 0.5) is 11.6 Å². The highest BCUT2D eigenvalue weighted by atomic mass is 35.5. The summed E-state index contributed by atoms with van der Waals surface area (Å²) >= 11 is 6.55. The fourth-order valence-electron chi connectivity index (χ4n) is 5.09. The van der Waals surface area contributed by atoms with Crippen LogP contribution in [0, 0.1) is 0 Å². The number of rotatable bonds is 5. The first kappa shape index (κ1) is 21.3. The minimum absolute atomic E-state index is 0.510. The zero-order valence-corrected chi connectivity index (χ0v) is 19.3. The summed E-state index contributed by atoms with van der Waals surface area (Å²) in [5.41, 5.74) is 3.31. The smallest absolute Gasteiger partial charge is 0.129 e. The lowest BCUT2D eigenvalue weighted by molar-refractivity contribution is 0.462. The van der Waals surface area contributed by atoms with Gasteiger partial charge in [-0.2, -0.15) is 0 Å². The van der Waals surface area contributed by atoms with Gasteiger partial charge in [0.1, 0.15) is 11.6 Å². The Morgan fingerprint density at radius 3 is 2.44 bits per heavy atom.